The summed E-state index contributed by atoms with van der Waals surface area (Å²) in [6.07, 6.45) is 1.64. The molecule has 3 rings (SSSR count). The molecule has 2 N–H and O–H groups in total. The van der Waals surface area contributed by atoms with Crippen LogP contribution in [0.4, 0.5) is 5.69 Å². The Labute approximate surface area is 105 Å². The van der Waals surface area contributed by atoms with Crippen LogP contribution in [0, 0.1) is 5.92 Å². The normalized spacial score (nSPS) is 25.1. The van der Waals surface area contributed by atoms with Crippen molar-refractivity contribution in [3.05, 3.63) is 18.2 Å². The first-order chi connectivity index (χ1) is 8.74. The monoisotopic (exact) mass is 249 g/mol. The summed E-state index contributed by atoms with van der Waals surface area (Å²) in [6, 6.07) is 5.63. The number of nitrogens with one attached hydrogen (secondary N) is 1. The highest BCUT2D eigenvalue weighted by atomic mass is 16.6. The molecule has 0 aromatic heterocycles. The van der Waals surface area contributed by atoms with E-state index in [2.05, 4.69) is 5.32 Å². The van der Waals surface area contributed by atoms with Gasteiger partial charge in [-0.05, 0) is 25.0 Å². The highest BCUT2D eigenvalue weighted by molar-refractivity contribution is 5.73. The number of rotatable bonds is 3. The maximum atomic E-state index is 10.9. The van der Waals surface area contributed by atoms with Crippen LogP contribution in [-0.4, -0.2) is 30.3 Å². The third kappa shape index (κ3) is 1.96. The lowest BCUT2D eigenvalue weighted by molar-refractivity contribution is -0.144. The zero-order chi connectivity index (χ0) is 12.5. The molecule has 1 aromatic carbocycles. The Morgan fingerprint density at radius 2 is 2.00 bits per heavy atom. The fraction of sp³-hybridized carbons (Fsp3) is 0.462. The van der Waals surface area contributed by atoms with Crippen LogP contribution in [0.1, 0.15) is 12.8 Å². The fourth-order valence-corrected chi connectivity index (χ4v) is 2.32. The first-order valence-electron chi connectivity index (χ1n) is 6.13. The summed E-state index contributed by atoms with van der Waals surface area (Å²) in [5.41, 5.74) is 0.884. The fourth-order valence-electron chi connectivity index (χ4n) is 2.32. The number of carboxylic acids is 1. The number of hydrogen-bond acceptors (Lipinski definition) is 4. The van der Waals surface area contributed by atoms with E-state index < -0.39 is 5.97 Å². The minimum absolute atomic E-state index is 0.0186. The minimum atomic E-state index is -0.726. The van der Waals surface area contributed by atoms with Gasteiger partial charge >= 0.3 is 5.97 Å². The lowest BCUT2D eigenvalue weighted by Crippen LogP contribution is -2.42. The molecule has 2 atom stereocenters. The molecule has 18 heavy (non-hydrogen) atoms. The number of ether oxygens (including phenoxy) is 2. The van der Waals surface area contributed by atoms with Crippen LogP contribution in [0.25, 0.3) is 0 Å². The second-order valence-corrected chi connectivity index (χ2v) is 4.63. The van der Waals surface area contributed by atoms with Crippen molar-refractivity contribution in [1.82, 2.24) is 0 Å². The third-order valence-electron chi connectivity index (χ3n) is 3.49. The zero-order valence-electron chi connectivity index (χ0n) is 9.89. The molecule has 0 spiro atoms. The predicted molar refractivity (Wildman–Crippen MR) is 65.2 cm³/mol. The summed E-state index contributed by atoms with van der Waals surface area (Å²) in [5, 5.41) is 12.2. The highest BCUT2D eigenvalue weighted by Gasteiger charge is 2.36. The highest BCUT2D eigenvalue weighted by Crippen LogP contribution is 2.35. The Hall–Kier alpha value is -1.91. The van der Waals surface area contributed by atoms with E-state index in [1.165, 1.54) is 0 Å². The number of benzene rings is 1. The summed E-state index contributed by atoms with van der Waals surface area (Å²) in [5.74, 6) is 0.460. The molecule has 0 bridgehead atoms. The Morgan fingerprint density at radius 1 is 1.22 bits per heavy atom. The van der Waals surface area contributed by atoms with Crippen molar-refractivity contribution < 1.29 is 19.4 Å². The van der Waals surface area contributed by atoms with E-state index in [1.54, 1.807) is 0 Å². The number of hydrogen-bond donors (Lipinski definition) is 2. The van der Waals surface area contributed by atoms with E-state index in [9.17, 15) is 4.79 Å². The summed E-state index contributed by atoms with van der Waals surface area (Å²) in [6.45, 7) is 1.13. The van der Waals surface area contributed by atoms with Crippen molar-refractivity contribution in [2.45, 2.75) is 18.9 Å². The van der Waals surface area contributed by atoms with Crippen molar-refractivity contribution in [3.8, 4) is 11.5 Å². The summed E-state index contributed by atoms with van der Waals surface area (Å²) >= 11 is 0. The van der Waals surface area contributed by atoms with Crippen LogP contribution in [0.5, 0.6) is 11.5 Å². The van der Waals surface area contributed by atoms with Gasteiger partial charge in [0.2, 0.25) is 0 Å². The predicted octanol–water partition coefficient (Wildman–Crippen LogP) is 1.73. The maximum absolute atomic E-state index is 10.9. The van der Waals surface area contributed by atoms with Gasteiger partial charge in [0.15, 0.2) is 11.5 Å². The van der Waals surface area contributed by atoms with E-state index in [1.807, 2.05) is 18.2 Å². The number of aliphatic carboxylic acids is 1. The zero-order valence-corrected chi connectivity index (χ0v) is 9.89. The molecule has 0 amide bonds. The number of carboxylic acid groups (broad SMARTS) is 1. The lowest BCUT2D eigenvalue weighted by Gasteiger charge is -2.35. The number of carbonyl (C=O) groups is 1. The second kappa shape index (κ2) is 4.40. The first-order valence-corrected chi connectivity index (χ1v) is 6.13. The van der Waals surface area contributed by atoms with Crippen LogP contribution in [0.2, 0.25) is 0 Å². The molecule has 5 nitrogen and oxygen atoms in total. The molecule has 1 fully saturated rings. The Balaban J connectivity index is 1.71. The molecule has 1 heterocycles. The van der Waals surface area contributed by atoms with E-state index in [-0.39, 0.29) is 12.0 Å². The van der Waals surface area contributed by atoms with Crippen molar-refractivity contribution in [1.29, 1.82) is 0 Å². The quantitative estimate of drug-likeness (QED) is 0.854. The van der Waals surface area contributed by atoms with Crippen molar-refractivity contribution in [2.75, 3.05) is 18.5 Å². The van der Waals surface area contributed by atoms with E-state index >= 15 is 0 Å². The molecule has 0 radical (unpaired) electrons. The van der Waals surface area contributed by atoms with Crippen LogP contribution >= 0.6 is 0 Å². The van der Waals surface area contributed by atoms with Crippen LogP contribution < -0.4 is 14.8 Å². The Morgan fingerprint density at radius 3 is 2.67 bits per heavy atom. The van der Waals surface area contributed by atoms with Crippen LogP contribution in [0.3, 0.4) is 0 Å². The first kappa shape index (κ1) is 11.2. The average Bonchev–Trinajstić information content (AvgIpc) is 2.33. The molecule has 96 valence electrons. The third-order valence-corrected chi connectivity index (χ3v) is 3.49. The van der Waals surface area contributed by atoms with Gasteiger partial charge in [-0.3, -0.25) is 4.79 Å². The van der Waals surface area contributed by atoms with E-state index in [0.717, 1.165) is 30.0 Å². The van der Waals surface area contributed by atoms with Gasteiger partial charge in [0, 0.05) is 17.8 Å². The summed E-state index contributed by atoms with van der Waals surface area (Å²) < 4.78 is 10.9. The van der Waals surface area contributed by atoms with Gasteiger partial charge < -0.3 is 19.9 Å². The number of anilines is 1. The molecular formula is C13H15NO4. The van der Waals surface area contributed by atoms with Crippen molar-refractivity contribution >= 4 is 11.7 Å². The Bertz CT molecular complexity index is 474. The molecule has 1 aliphatic heterocycles. The standard InChI is InChI=1S/C13H15NO4/c15-13(16)9-2-3-10(9)14-8-1-4-11-12(7-8)18-6-5-17-11/h1,4,7,9-10,14H,2-3,5-6H2,(H,15,16). The van der Waals surface area contributed by atoms with Gasteiger partial charge in [0.25, 0.3) is 0 Å². The molecule has 0 saturated heterocycles. The van der Waals surface area contributed by atoms with Crippen LogP contribution in [-0.2, 0) is 4.79 Å². The smallest absolute Gasteiger partial charge is 0.308 e. The van der Waals surface area contributed by atoms with Crippen LogP contribution in [0.15, 0.2) is 18.2 Å². The summed E-state index contributed by atoms with van der Waals surface area (Å²) in [7, 11) is 0. The Kier molecular flexibility index (Phi) is 2.74. The van der Waals surface area contributed by atoms with Gasteiger partial charge in [0.05, 0.1) is 5.92 Å². The topological polar surface area (TPSA) is 67.8 Å². The van der Waals surface area contributed by atoms with E-state index in [4.69, 9.17) is 14.6 Å². The molecule has 1 aromatic rings. The molecule has 2 aliphatic rings. The van der Waals surface area contributed by atoms with Gasteiger partial charge in [-0.25, -0.2) is 0 Å². The average molecular weight is 249 g/mol. The number of fused-ring (bicyclic) bond motifs is 1. The minimum Gasteiger partial charge on any atom is -0.486 e. The molecule has 2 unspecified atom stereocenters. The molecular weight excluding hydrogens is 234 g/mol. The second-order valence-electron chi connectivity index (χ2n) is 4.63. The maximum Gasteiger partial charge on any atom is 0.308 e. The van der Waals surface area contributed by atoms with Gasteiger partial charge in [0.1, 0.15) is 13.2 Å². The van der Waals surface area contributed by atoms with Gasteiger partial charge in [-0.15, -0.1) is 0 Å². The van der Waals surface area contributed by atoms with Gasteiger partial charge in [-0.2, -0.15) is 0 Å². The van der Waals surface area contributed by atoms with Gasteiger partial charge in [-0.1, -0.05) is 0 Å². The van der Waals surface area contributed by atoms with Crippen molar-refractivity contribution in [2.24, 2.45) is 5.92 Å². The SMILES string of the molecule is O=C(O)C1CCC1Nc1ccc2c(c1)OCCO2. The molecule has 1 saturated carbocycles. The summed E-state index contributed by atoms with van der Waals surface area (Å²) in [4.78, 5) is 10.9. The van der Waals surface area contributed by atoms with Crippen molar-refractivity contribution in [3.63, 3.8) is 0 Å². The largest absolute Gasteiger partial charge is 0.486 e. The van der Waals surface area contributed by atoms with E-state index in [0.29, 0.717) is 13.2 Å². The molecule has 5 heteroatoms. The molecule has 1 aliphatic carbocycles. The lowest BCUT2D eigenvalue weighted by atomic mass is 9.79.